The number of benzene rings is 1. The number of nitrogens with zero attached hydrogens (tertiary/aromatic N) is 2. The monoisotopic (exact) mass is 392 g/mol. The summed E-state index contributed by atoms with van der Waals surface area (Å²) in [6.07, 6.45) is 2.16. The zero-order valence-electron chi connectivity index (χ0n) is 18.6. The number of likely N-dealkylation sites (N-methyl/N-ethyl adjacent to an activating group) is 2. The zero-order valence-corrected chi connectivity index (χ0v) is 19.4. The molecule has 0 radical (unpaired) electrons. The molecule has 0 amide bonds. The molecule has 0 aliphatic carbocycles. The van der Waals surface area contributed by atoms with Crippen LogP contribution in [0, 0.1) is 0 Å². The minimum atomic E-state index is -0.104. The maximum Gasteiger partial charge on any atom is 0.128 e. The van der Waals surface area contributed by atoms with Gasteiger partial charge in [0.05, 0.1) is 0 Å². The summed E-state index contributed by atoms with van der Waals surface area (Å²) in [7, 11) is 4.10. The van der Waals surface area contributed by atoms with Gasteiger partial charge >= 0.3 is 0 Å². The van der Waals surface area contributed by atoms with Gasteiger partial charge in [-0.15, -0.1) is 0 Å². The molecule has 1 aromatic carbocycles. The number of rotatable bonds is 6. The average molecular weight is 393 g/mol. The molecule has 5 heteroatoms. The molecule has 27 heavy (non-hydrogen) atoms. The first-order valence-corrected chi connectivity index (χ1v) is 10.6. The van der Waals surface area contributed by atoms with Gasteiger partial charge in [-0.25, -0.2) is 5.01 Å². The number of ether oxygens (including phenoxy) is 1. The van der Waals surface area contributed by atoms with Crippen molar-refractivity contribution >= 4 is 12.6 Å². The molecule has 1 heterocycles. The van der Waals surface area contributed by atoms with E-state index in [4.69, 9.17) is 17.4 Å². The van der Waals surface area contributed by atoms with E-state index in [1.54, 1.807) is 0 Å². The molecule has 2 rings (SSSR count). The molecule has 0 spiro atoms. The van der Waals surface area contributed by atoms with Gasteiger partial charge in [-0.1, -0.05) is 60.6 Å². The van der Waals surface area contributed by atoms with Gasteiger partial charge in [0.2, 0.25) is 0 Å². The smallest absolute Gasteiger partial charge is 0.128 e. The average Bonchev–Trinajstić information content (AvgIpc) is 2.84. The molecule has 1 saturated heterocycles. The van der Waals surface area contributed by atoms with Gasteiger partial charge in [-0.2, -0.15) is 0 Å². The Bertz CT molecular complexity index is 641. The van der Waals surface area contributed by atoms with Gasteiger partial charge < -0.3 is 17.4 Å². The Morgan fingerprint density at radius 1 is 1.15 bits per heavy atom. The van der Waals surface area contributed by atoms with Crippen molar-refractivity contribution < 1.29 is 4.74 Å². The van der Waals surface area contributed by atoms with Crippen molar-refractivity contribution in [3.63, 3.8) is 0 Å². The summed E-state index contributed by atoms with van der Waals surface area (Å²) in [6, 6.07) is 6.75. The van der Waals surface area contributed by atoms with Crippen LogP contribution in [-0.2, 0) is 23.5 Å². The summed E-state index contributed by atoms with van der Waals surface area (Å²) in [4.78, 5) is 2.16. The highest BCUT2D eigenvalue weighted by Gasteiger charge is 2.36. The fourth-order valence-electron chi connectivity index (χ4n) is 3.63. The van der Waals surface area contributed by atoms with Crippen LogP contribution in [0.1, 0.15) is 72.4 Å². The molecule has 0 saturated carbocycles. The van der Waals surface area contributed by atoms with E-state index in [1.807, 2.05) is 7.05 Å². The van der Waals surface area contributed by atoms with E-state index in [0.717, 1.165) is 18.6 Å². The lowest BCUT2D eigenvalue weighted by atomic mass is 9.78. The Kier molecular flexibility index (Phi) is 6.94. The first-order chi connectivity index (χ1) is 12.4. The first kappa shape index (κ1) is 22.5. The maximum atomic E-state index is 6.63. The van der Waals surface area contributed by atoms with Crippen LogP contribution in [0.5, 0.6) is 5.75 Å². The van der Waals surface area contributed by atoms with E-state index in [0.29, 0.717) is 0 Å². The lowest BCUT2D eigenvalue weighted by Gasteiger charge is -2.36. The number of hydrogen-bond acceptors (Lipinski definition) is 5. The molecule has 1 N–H and O–H groups in total. The quantitative estimate of drug-likeness (QED) is 0.726. The molecule has 0 bridgehead atoms. The molecular weight excluding hydrogens is 354 g/mol. The van der Waals surface area contributed by atoms with Crippen molar-refractivity contribution in [2.75, 3.05) is 14.1 Å². The third kappa shape index (κ3) is 4.81. The van der Waals surface area contributed by atoms with E-state index in [-0.39, 0.29) is 28.6 Å². The predicted molar refractivity (Wildman–Crippen MR) is 117 cm³/mol. The molecule has 0 aromatic heterocycles. The molecule has 1 fully saturated rings. The van der Waals surface area contributed by atoms with Gasteiger partial charge in [0.1, 0.15) is 18.0 Å². The van der Waals surface area contributed by atoms with Crippen LogP contribution in [-0.4, -0.2) is 41.8 Å². The van der Waals surface area contributed by atoms with Crippen molar-refractivity contribution in [1.82, 2.24) is 15.3 Å². The van der Waals surface area contributed by atoms with Crippen LogP contribution in [0.25, 0.3) is 0 Å². The summed E-state index contributed by atoms with van der Waals surface area (Å²) in [5.41, 5.74) is 6.01. The van der Waals surface area contributed by atoms with Crippen LogP contribution in [0.3, 0.4) is 0 Å². The van der Waals surface area contributed by atoms with Gasteiger partial charge in [-0.3, -0.25) is 10.3 Å². The Morgan fingerprint density at radius 2 is 1.78 bits per heavy atom. The van der Waals surface area contributed by atoms with Gasteiger partial charge in [-0.05, 0) is 53.4 Å². The van der Waals surface area contributed by atoms with E-state index < -0.39 is 0 Å². The second-order valence-electron chi connectivity index (χ2n) is 9.43. The van der Waals surface area contributed by atoms with Crippen LogP contribution in [0.15, 0.2) is 18.2 Å². The molecule has 4 nitrogen and oxygen atoms in total. The number of hydrogen-bond donors (Lipinski definition) is 1. The van der Waals surface area contributed by atoms with Crippen LogP contribution in [0.2, 0.25) is 0 Å². The zero-order chi connectivity index (χ0) is 20.6. The largest absolute Gasteiger partial charge is 0.757 e. The van der Waals surface area contributed by atoms with Crippen LogP contribution < -0.4 is 10.2 Å². The second-order valence-corrected chi connectivity index (χ2v) is 9.88. The highest BCUT2D eigenvalue weighted by Crippen LogP contribution is 2.37. The fraction of sp³-hybridized carbons (Fsp3) is 0.727. The molecule has 3 atom stereocenters. The Balaban J connectivity index is 2.39. The number of hydrazine groups is 1. The molecular formula is C22H38N3OS-. The molecule has 154 valence electrons. The van der Waals surface area contributed by atoms with Crippen LogP contribution >= 0.6 is 0 Å². The van der Waals surface area contributed by atoms with Crippen molar-refractivity contribution in [3.05, 3.63) is 29.3 Å². The summed E-state index contributed by atoms with van der Waals surface area (Å²) >= 11 is 5.48. The van der Waals surface area contributed by atoms with Crippen molar-refractivity contribution in [2.45, 2.75) is 89.9 Å². The van der Waals surface area contributed by atoms with E-state index in [1.165, 1.54) is 11.1 Å². The topological polar surface area (TPSA) is 27.7 Å². The lowest BCUT2D eigenvalue weighted by Crippen LogP contribution is -2.48. The van der Waals surface area contributed by atoms with Gasteiger partial charge in [0.25, 0.3) is 0 Å². The summed E-state index contributed by atoms with van der Waals surface area (Å²) < 4.78 is 6.63. The van der Waals surface area contributed by atoms with Crippen molar-refractivity contribution in [2.24, 2.45) is 0 Å². The predicted octanol–water partition coefficient (Wildman–Crippen LogP) is 4.37. The Hall–Kier alpha value is -0.750. The second kappa shape index (κ2) is 8.32. The molecule has 1 aliphatic rings. The standard InChI is InChI=1S/C22H39N3OS/c1-10-17(19-24(8)20(27)23-25(19)9)26-18-13-12-15(22(6,7)11-2)14-16(18)21(3,4)5/h12-14,17,19-20,23,27H,10-11H2,1-9H3/p-1. The summed E-state index contributed by atoms with van der Waals surface area (Å²) in [5.74, 6) is 0.986. The maximum absolute atomic E-state index is 6.63. The summed E-state index contributed by atoms with van der Waals surface area (Å²) in [5, 5.41) is 2.08. The number of nitrogens with one attached hydrogen (secondary N) is 1. The third-order valence-corrected chi connectivity index (χ3v) is 6.40. The Labute approximate surface area is 172 Å². The van der Waals surface area contributed by atoms with E-state index >= 15 is 0 Å². The van der Waals surface area contributed by atoms with Gasteiger partial charge in [0, 0.05) is 7.05 Å². The van der Waals surface area contributed by atoms with E-state index in [9.17, 15) is 0 Å². The third-order valence-electron chi connectivity index (χ3n) is 5.96. The summed E-state index contributed by atoms with van der Waals surface area (Å²) in [6.45, 7) is 15.8. The van der Waals surface area contributed by atoms with Crippen LogP contribution in [0.4, 0.5) is 0 Å². The normalized spacial score (nSPS) is 23.6. The highest BCUT2D eigenvalue weighted by molar-refractivity contribution is 7.59. The fourth-order valence-corrected chi connectivity index (χ4v) is 3.92. The first-order valence-electron chi connectivity index (χ1n) is 10.1. The lowest BCUT2D eigenvalue weighted by molar-refractivity contribution is 0.0285. The minimum Gasteiger partial charge on any atom is -0.757 e. The molecule has 1 aliphatic heterocycles. The molecule has 1 aromatic rings. The van der Waals surface area contributed by atoms with Gasteiger partial charge in [0.15, 0.2) is 0 Å². The Morgan fingerprint density at radius 3 is 2.22 bits per heavy atom. The molecule has 3 unspecified atom stereocenters. The van der Waals surface area contributed by atoms with Crippen molar-refractivity contribution in [1.29, 1.82) is 0 Å². The highest BCUT2D eigenvalue weighted by atomic mass is 32.1. The minimum absolute atomic E-state index is 0.0136. The SMILES string of the molecule is CCC(Oc1ccc(C(C)(C)CC)cc1C(C)(C)C)C1N(C)NC([S-])N1C. The van der Waals surface area contributed by atoms with E-state index in [2.05, 4.69) is 89.0 Å². The van der Waals surface area contributed by atoms with Crippen molar-refractivity contribution in [3.8, 4) is 5.75 Å².